The Kier molecular flexibility index (Phi) is 6.17. The molecule has 0 unspecified atom stereocenters. The quantitative estimate of drug-likeness (QED) is 0.449. The second-order valence-electron chi connectivity index (χ2n) is 6.59. The van der Waals surface area contributed by atoms with Crippen molar-refractivity contribution in [3.63, 3.8) is 0 Å². The summed E-state index contributed by atoms with van der Waals surface area (Å²) in [5, 5.41) is 6.78. The van der Waals surface area contributed by atoms with E-state index in [0.717, 1.165) is 5.56 Å². The number of nitrogens with zero attached hydrogens (tertiary/aromatic N) is 4. The number of esters is 1. The molecule has 3 aromatic heterocycles. The molecule has 0 bridgehead atoms. The molecule has 0 spiro atoms. The lowest BCUT2D eigenvalue weighted by molar-refractivity contribution is 0.0473. The number of rotatable bonds is 7. The average molecular weight is 429 g/mol. The smallest absolute Gasteiger partial charge is 0.342 e. The van der Waals surface area contributed by atoms with Gasteiger partial charge >= 0.3 is 5.97 Å². The van der Waals surface area contributed by atoms with E-state index in [0.29, 0.717) is 11.6 Å². The molecule has 3 heterocycles. The molecule has 0 saturated heterocycles. The van der Waals surface area contributed by atoms with Crippen LogP contribution in [0.2, 0.25) is 0 Å². The second kappa shape index (κ2) is 9.52. The lowest BCUT2D eigenvalue weighted by Crippen LogP contribution is -2.19. The standard InChI is InChI=1S/C23H19N5O4/c1-31-18-9-5-12-24-20(18)22(29)27-21-17(10-11-19(26-21)28-14-6-13-25-28)23(30)32-15-16-7-3-2-4-8-16/h2-14H,15H2,1H3,(H,26,27,29). The number of carbonyl (C=O) groups is 2. The fourth-order valence-electron chi connectivity index (χ4n) is 2.93. The first kappa shape index (κ1) is 20.7. The molecule has 0 radical (unpaired) electrons. The van der Waals surface area contributed by atoms with Gasteiger partial charge in [0.25, 0.3) is 5.91 Å². The molecule has 0 atom stereocenters. The van der Waals surface area contributed by atoms with Crippen molar-refractivity contribution < 1.29 is 19.1 Å². The molecule has 1 amide bonds. The number of hydrogen-bond acceptors (Lipinski definition) is 7. The van der Waals surface area contributed by atoms with Gasteiger partial charge in [-0.2, -0.15) is 5.10 Å². The Morgan fingerprint density at radius 1 is 1.00 bits per heavy atom. The lowest BCUT2D eigenvalue weighted by atomic mass is 10.2. The lowest BCUT2D eigenvalue weighted by Gasteiger charge is -2.13. The summed E-state index contributed by atoms with van der Waals surface area (Å²) in [6.07, 6.45) is 4.77. The van der Waals surface area contributed by atoms with Crippen LogP contribution < -0.4 is 10.1 Å². The van der Waals surface area contributed by atoms with E-state index in [1.807, 2.05) is 30.3 Å². The van der Waals surface area contributed by atoms with Gasteiger partial charge in [0.15, 0.2) is 11.5 Å². The Labute approximate surface area is 183 Å². The fourth-order valence-corrected chi connectivity index (χ4v) is 2.93. The molecule has 160 valence electrons. The third-order valence-electron chi connectivity index (χ3n) is 4.49. The molecular weight excluding hydrogens is 410 g/mol. The maximum Gasteiger partial charge on any atom is 0.342 e. The number of pyridine rings is 2. The Hall–Kier alpha value is -4.53. The van der Waals surface area contributed by atoms with E-state index in [9.17, 15) is 9.59 Å². The highest BCUT2D eigenvalue weighted by molar-refractivity contribution is 6.07. The summed E-state index contributed by atoms with van der Waals surface area (Å²) < 4.78 is 12.1. The summed E-state index contributed by atoms with van der Waals surface area (Å²) in [6, 6.07) is 17.4. The topological polar surface area (TPSA) is 108 Å². The number of nitrogens with one attached hydrogen (secondary N) is 1. The number of anilines is 1. The maximum atomic E-state index is 12.9. The molecule has 32 heavy (non-hydrogen) atoms. The molecule has 4 rings (SSSR count). The van der Waals surface area contributed by atoms with Gasteiger partial charge in [0.2, 0.25) is 0 Å². The van der Waals surface area contributed by atoms with Gasteiger partial charge in [-0.05, 0) is 35.9 Å². The molecule has 0 aliphatic heterocycles. The number of aromatic nitrogens is 4. The molecule has 9 heteroatoms. The van der Waals surface area contributed by atoms with Gasteiger partial charge < -0.3 is 14.8 Å². The van der Waals surface area contributed by atoms with Crippen LogP contribution in [0.3, 0.4) is 0 Å². The molecule has 9 nitrogen and oxygen atoms in total. The van der Waals surface area contributed by atoms with Crippen LogP contribution in [0, 0.1) is 0 Å². The van der Waals surface area contributed by atoms with Crippen molar-refractivity contribution in [1.82, 2.24) is 19.7 Å². The molecule has 0 aliphatic rings. The minimum Gasteiger partial charge on any atom is -0.494 e. The van der Waals surface area contributed by atoms with E-state index in [4.69, 9.17) is 9.47 Å². The Balaban J connectivity index is 1.63. The summed E-state index contributed by atoms with van der Waals surface area (Å²) in [7, 11) is 1.44. The van der Waals surface area contributed by atoms with E-state index in [-0.39, 0.29) is 23.7 Å². The van der Waals surface area contributed by atoms with Gasteiger partial charge in [-0.15, -0.1) is 0 Å². The minimum atomic E-state index is -0.628. The van der Waals surface area contributed by atoms with Crippen molar-refractivity contribution in [3.05, 3.63) is 96.1 Å². The average Bonchev–Trinajstić information content (AvgIpc) is 3.38. The van der Waals surface area contributed by atoms with Crippen LogP contribution in [0.1, 0.15) is 26.4 Å². The number of carbonyl (C=O) groups excluding carboxylic acids is 2. The summed E-state index contributed by atoms with van der Waals surface area (Å²) in [5.74, 6) is -0.477. The van der Waals surface area contributed by atoms with Crippen molar-refractivity contribution in [3.8, 4) is 11.6 Å². The Morgan fingerprint density at radius 3 is 2.59 bits per heavy atom. The molecular formula is C23H19N5O4. The van der Waals surface area contributed by atoms with Gasteiger partial charge in [0.05, 0.1) is 7.11 Å². The van der Waals surface area contributed by atoms with E-state index in [1.54, 1.807) is 36.7 Å². The van der Waals surface area contributed by atoms with Gasteiger partial charge in [-0.25, -0.2) is 19.4 Å². The van der Waals surface area contributed by atoms with Gasteiger partial charge in [-0.1, -0.05) is 30.3 Å². The summed E-state index contributed by atoms with van der Waals surface area (Å²) >= 11 is 0. The highest BCUT2D eigenvalue weighted by Crippen LogP contribution is 2.21. The van der Waals surface area contributed by atoms with Gasteiger partial charge in [-0.3, -0.25) is 4.79 Å². The normalized spacial score (nSPS) is 10.4. The predicted molar refractivity (Wildman–Crippen MR) is 116 cm³/mol. The van der Waals surface area contributed by atoms with Crippen LogP contribution >= 0.6 is 0 Å². The van der Waals surface area contributed by atoms with Crippen molar-refractivity contribution in [2.45, 2.75) is 6.61 Å². The van der Waals surface area contributed by atoms with Crippen LogP contribution in [-0.4, -0.2) is 38.7 Å². The second-order valence-corrected chi connectivity index (χ2v) is 6.59. The monoisotopic (exact) mass is 429 g/mol. The zero-order chi connectivity index (χ0) is 22.3. The predicted octanol–water partition coefficient (Wildman–Crippen LogP) is 3.28. The minimum absolute atomic E-state index is 0.0220. The summed E-state index contributed by atoms with van der Waals surface area (Å²) in [6.45, 7) is 0.0853. The van der Waals surface area contributed by atoms with E-state index in [2.05, 4.69) is 20.4 Å². The van der Waals surface area contributed by atoms with Crippen LogP contribution in [0.25, 0.3) is 5.82 Å². The van der Waals surface area contributed by atoms with E-state index in [1.165, 1.54) is 24.1 Å². The first-order valence-corrected chi connectivity index (χ1v) is 9.68. The molecule has 0 aliphatic carbocycles. The van der Waals surface area contributed by atoms with Crippen LogP contribution in [0.4, 0.5) is 5.82 Å². The van der Waals surface area contributed by atoms with Crippen molar-refractivity contribution >= 4 is 17.7 Å². The number of methoxy groups -OCH3 is 1. The van der Waals surface area contributed by atoms with Gasteiger partial charge in [0, 0.05) is 18.6 Å². The molecule has 1 N–H and O–H groups in total. The number of amides is 1. The molecule has 4 aromatic rings. The maximum absolute atomic E-state index is 12.9. The van der Waals surface area contributed by atoms with Crippen molar-refractivity contribution in [1.29, 1.82) is 0 Å². The summed E-state index contributed by atoms with van der Waals surface area (Å²) in [4.78, 5) is 34.2. The third kappa shape index (κ3) is 4.62. The number of hydrogen-bond donors (Lipinski definition) is 1. The van der Waals surface area contributed by atoms with E-state index >= 15 is 0 Å². The van der Waals surface area contributed by atoms with Crippen molar-refractivity contribution in [2.24, 2.45) is 0 Å². The highest BCUT2D eigenvalue weighted by atomic mass is 16.5. The first-order chi connectivity index (χ1) is 15.7. The Morgan fingerprint density at radius 2 is 1.84 bits per heavy atom. The Bertz CT molecular complexity index is 1230. The van der Waals surface area contributed by atoms with E-state index < -0.39 is 11.9 Å². The fraction of sp³-hybridized carbons (Fsp3) is 0.0870. The largest absolute Gasteiger partial charge is 0.494 e. The number of ether oxygens (including phenoxy) is 2. The molecule has 1 aromatic carbocycles. The van der Waals surface area contributed by atoms with Gasteiger partial charge in [0.1, 0.15) is 23.7 Å². The highest BCUT2D eigenvalue weighted by Gasteiger charge is 2.21. The number of benzene rings is 1. The molecule has 0 saturated carbocycles. The zero-order valence-electron chi connectivity index (χ0n) is 17.1. The van der Waals surface area contributed by atoms with Crippen LogP contribution in [0.15, 0.2) is 79.3 Å². The third-order valence-corrected chi connectivity index (χ3v) is 4.49. The van der Waals surface area contributed by atoms with Crippen molar-refractivity contribution in [2.75, 3.05) is 12.4 Å². The SMILES string of the molecule is COc1cccnc1C(=O)Nc1nc(-n2cccn2)ccc1C(=O)OCc1ccccc1. The summed E-state index contributed by atoms with van der Waals surface area (Å²) in [5.41, 5.74) is 0.996. The zero-order valence-corrected chi connectivity index (χ0v) is 17.1. The van der Waals surface area contributed by atoms with Crippen LogP contribution in [0.5, 0.6) is 5.75 Å². The van der Waals surface area contributed by atoms with Crippen LogP contribution in [-0.2, 0) is 11.3 Å². The first-order valence-electron chi connectivity index (χ1n) is 9.68. The molecule has 0 fully saturated rings.